The van der Waals surface area contributed by atoms with Gasteiger partial charge >= 0.3 is 0 Å². The van der Waals surface area contributed by atoms with Gasteiger partial charge in [-0.1, -0.05) is 33.6 Å². The van der Waals surface area contributed by atoms with E-state index in [2.05, 4.69) is 21.2 Å². The fraction of sp³-hybridized carbons (Fsp3) is 0.200. The molecule has 0 aliphatic rings. The summed E-state index contributed by atoms with van der Waals surface area (Å²) >= 11 is 9.53. The number of hydrogen-bond donors (Lipinski definition) is 1. The summed E-state index contributed by atoms with van der Waals surface area (Å²) in [4.78, 5) is 0. The van der Waals surface area contributed by atoms with Crippen LogP contribution in [0, 0.1) is 5.82 Å². The molecule has 0 heterocycles. The Morgan fingerprint density at radius 1 is 1.25 bits per heavy atom. The molecule has 0 unspecified atom stereocenters. The molecule has 2 aromatic rings. The highest BCUT2D eigenvalue weighted by atomic mass is 79.9. The first-order valence-corrected chi connectivity index (χ1v) is 7.37. The molecule has 1 N–H and O–H groups in total. The molecule has 0 spiro atoms. The van der Waals surface area contributed by atoms with Gasteiger partial charge in [-0.3, -0.25) is 0 Å². The molecular weight excluding hydrogens is 345 g/mol. The third-order valence-corrected chi connectivity index (χ3v) is 3.57. The monoisotopic (exact) mass is 357 g/mol. The number of hydrogen-bond acceptors (Lipinski definition) is 2. The highest BCUT2D eigenvalue weighted by Crippen LogP contribution is 2.27. The van der Waals surface area contributed by atoms with Crippen molar-refractivity contribution in [2.24, 2.45) is 0 Å². The molecule has 2 aromatic carbocycles. The number of rotatable bonds is 5. The van der Waals surface area contributed by atoms with E-state index in [9.17, 15) is 4.39 Å². The zero-order chi connectivity index (χ0) is 14.5. The fourth-order valence-electron chi connectivity index (χ4n) is 1.77. The van der Waals surface area contributed by atoms with Crippen molar-refractivity contribution in [2.45, 2.75) is 13.5 Å². The third-order valence-electron chi connectivity index (χ3n) is 2.73. The smallest absolute Gasteiger partial charge is 0.145 e. The van der Waals surface area contributed by atoms with E-state index < -0.39 is 0 Å². The molecule has 0 aliphatic heterocycles. The van der Waals surface area contributed by atoms with Crippen molar-refractivity contribution in [1.82, 2.24) is 0 Å². The van der Waals surface area contributed by atoms with Crippen molar-refractivity contribution < 1.29 is 9.13 Å². The topological polar surface area (TPSA) is 21.3 Å². The molecule has 0 amide bonds. The Morgan fingerprint density at radius 3 is 2.75 bits per heavy atom. The zero-order valence-electron chi connectivity index (χ0n) is 10.9. The van der Waals surface area contributed by atoms with Crippen LogP contribution in [0.1, 0.15) is 12.5 Å². The second-order valence-corrected chi connectivity index (χ2v) is 5.49. The number of nitrogens with one attached hydrogen (secondary N) is 1. The Bertz CT molecular complexity index is 606. The summed E-state index contributed by atoms with van der Waals surface area (Å²) in [6.45, 7) is 2.88. The quantitative estimate of drug-likeness (QED) is 0.788. The first-order valence-electron chi connectivity index (χ1n) is 6.20. The number of benzene rings is 2. The normalized spacial score (nSPS) is 10.4. The lowest BCUT2D eigenvalue weighted by Crippen LogP contribution is -2.03. The minimum atomic E-state index is -0.319. The Balaban J connectivity index is 2.14. The summed E-state index contributed by atoms with van der Waals surface area (Å²) in [6.07, 6.45) is 0. The Labute approximate surface area is 131 Å². The van der Waals surface area contributed by atoms with Crippen LogP contribution < -0.4 is 10.1 Å². The van der Waals surface area contributed by atoms with Crippen molar-refractivity contribution >= 4 is 33.2 Å². The minimum Gasteiger partial charge on any atom is -0.492 e. The number of ether oxygens (including phenoxy) is 1. The van der Waals surface area contributed by atoms with Crippen molar-refractivity contribution in [3.05, 3.63) is 57.3 Å². The van der Waals surface area contributed by atoms with Crippen molar-refractivity contribution in [3.63, 3.8) is 0 Å². The van der Waals surface area contributed by atoms with E-state index in [0.717, 1.165) is 15.7 Å². The molecule has 5 heteroatoms. The van der Waals surface area contributed by atoms with Crippen LogP contribution in [0.4, 0.5) is 10.1 Å². The van der Waals surface area contributed by atoms with E-state index in [4.69, 9.17) is 16.3 Å². The maximum atomic E-state index is 13.2. The highest BCUT2D eigenvalue weighted by Gasteiger charge is 2.06. The summed E-state index contributed by atoms with van der Waals surface area (Å²) in [6, 6.07) is 10.1. The van der Waals surface area contributed by atoms with Crippen molar-refractivity contribution in [3.8, 4) is 5.75 Å². The Kier molecular flexibility index (Phi) is 5.26. The lowest BCUT2D eigenvalue weighted by atomic mass is 10.2. The van der Waals surface area contributed by atoms with E-state index in [1.165, 1.54) is 12.1 Å². The molecule has 0 aromatic heterocycles. The maximum Gasteiger partial charge on any atom is 0.145 e. The molecular formula is C15H14BrClFNO. The van der Waals surface area contributed by atoms with Gasteiger partial charge in [0.25, 0.3) is 0 Å². The second-order valence-electron chi connectivity index (χ2n) is 4.16. The van der Waals surface area contributed by atoms with Crippen molar-refractivity contribution in [2.75, 3.05) is 11.9 Å². The molecule has 0 saturated heterocycles. The second kappa shape index (κ2) is 6.95. The van der Waals surface area contributed by atoms with Gasteiger partial charge in [0.05, 0.1) is 12.3 Å². The third kappa shape index (κ3) is 3.87. The Morgan fingerprint density at radius 2 is 2.05 bits per heavy atom. The molecule has 2 rings (SSSR count). The SMILES string of the molecule is CCOc1cc(F)ccc1NCc1ccc(Br)cc1Cl. The lowest BCUT2D eigenvalue weighted by molar-refractivity contribution is 0.340. The summed E-state index contributed by atoms with van der Waals surface area (Å²) in [5, 5.41) is 3.88. The molecule has 0 atom stereocenters. The summed E-state index contributed by atoms with van der Waals surface area (Å²) in [7, 11) is 0. The van der Waals surface area contributed by atoms with Crippen LogP contribution in [0.2, 0.25) is 5.02 Å². The average molecular weight is 359 g/mol. The van der Waals surface area contributed by atoms with E-state index in [0.29, 0.717) is 23.9 Å². The van der Waals surface area contributed by atoms with Gasteiger partial charge in [-0.15, -0.1) is 0 Å². The molecule has 20 heavy (non-hydrogen) atoms. The predicted molar refractivity (Wildman–Crippen MR) is 84.0 cm³/mol. The molecule has 0 aliphatic carbocycles. The predicted octanol–water partition coefficient (Wildman–Crippen LogP) is 5.25. The van der Waals surface area contributed by atoms with Gasteiger partial charge in [0.1, 0.15) is 11.6 Å². The maximum absolute atomic E-state index is 13.2. The number of anilines is 1. The fourth-order valence-corrected chi connectivity index (χ4v) is 2.51. The molecule has 0 radical (unpaired) electrons. The van der Waals surface area contributed by atoms with Gasteiger partial charge in [0.15, 0.2) is 0 Å². The van der Waals surface area contributed by atoms with Gasteiger partial charge < -0.3 is 10.1 Å². The van der Waals surface area contributed by atoms with E-state index in [1.54, 1.807) is 6.07 Å². The van der Waals surface area contributed by atoms with Crippen LogP contribution in [0.5, 0.6) is 5.75 Å². The van der Waals surface area contributed by atoms with Crippen LogP contribution in [0.25, 0.3) is 0 Å². The van der Waals surface area contributed by atoms with Crippen LogP contribution in [-0.4, -0.2) is 6.61 Å². The van der Waals surface area contributed by atoms with Crippen LogP contribution in [0.3, 0.4) is 0 Å². The standard InChI is InChI=1S/C15H14BrClFNO/c1-2-20-15-8-12(18)5-6-14(15)19-9-10-3-4-11(16)7-13(10)17/h3-8,19H,2,9H2,1H3. The van der Waals surface area contributed by atoms with Gasteiger partial charge in [-0.2, -0.15) is 0 Å². The van der Waals surface area contributed by atoms with Crippen LogP contribution in [0.15, 0.2) is 40.9 Å². The van der Waals surface area contributed by atoms with E-state index in [-0.39, 0.29) is 5.82 Å². The van der Waals surface area contributed by atoms with Gasteiger partial charge in [-0.25, -0.2) is 4.39 Å². The van der Waals surface area contributed by atoms with Crippen LogP contribution >= 0.6 is 27.5 Å². The van der Waals surface area contributed by atoms with E-state index in [1.807, 2.05) is 25.1 Å². The van der Waals surface area contributed by atoms with Gasteiger partial charge in [0.2, 0.25) is 0 Å². The first-order chi connectivity index (χ1) is 9.60. The molecule has 0 saturated carbocycles. The Hall–Kier alpha value is -1.26. The van der Waals surface area contributed by atoms with Crippen LogP contribution in [-0.2, 0) is 6.54 Å². The number of halogens is 3. The largest absolute Gasteiger partial charge is 0.492 e. The van der Waals surface area contributed by atoms with E-state index >= 15 is 0 Å². The molecule has 0 bridgehead atoms. The minimum absolute atomic E-state index is 0.319. The summed E-state index contributed by atoms with van der Waals surface area (Å²) in [5.74, 6) is 0.182. The van der Waals surface area contributed by atoms with Crippen molar-refractivity contribution in [1.29, 1.82) is 0 Å². The summed E-state index contributed by atoms with van der Waals surface area (Å²) < 4.78 is 19.6. The molecule has 2 nitrogen and oxygen atoms in total. The highest BCUT2D eigenvalue weighted by molar-refractivity contribution is 9.10. The van der Waals surface area contributed by atoms with Gasteiger partial charge in [0, 0.05) is 22.1 Å². The lowest BCUT2D eigenvalue weighted by Gasteiger charge is -2.13. The first kappa shape index (κ1) is 15.1. The summed E-state index contributed by atoms with van der Waals surface area (Å²) in [5.41, 5.74) is 1.70. The molecule has 0 fully saturated rings. The zero-order valence-corrected chi connectivity index (χ0v) is 13.3. The molecule has 106 valence electrons. The average Bonchev–Trinajstić information content (AvgIpc) is 2.40. The van der Waals surface area contributed by atoms with Gasteiger partial charge in [-0.05, 0) is 36.8 Å².